The number of carbonyl (C=O) groups is 2. The summed E-state index contributed by atoms with van der Waals surface area (Å²) in [6.45, 7) is 1.82. The molecule has 8 heteroatoms. The van der Waals surface area contributed by atoms with Crippen LogP contribution in [0.3, 0.4) is 0 Å². The number of esters is 2. The van der Waals surface area contributed by atoms with Gasteiger partial charge in [0.25, 0.3) is 5.69 Å². The summed E-state index contributed by atoms with van der Waals surface area (Å²) < 4.78 is 9.76. The zero-order valence-electron chi connectivity index (χ0n) is 13.1. The molecule has 1 aliphatic rings. The molecular weight excluding hydrogens is 316 g/mol. The summed E-state index contributed by atoms with van der Waals surface area (Å²) in [6, 6.07) is 5.75. The molecule has 0 amide bonds. The molecule has 0 radical (unpaired) electrons. The molecule has 0 spiro atoms. The number of nitro groups is 1. The van der Waals surface area contributed by atoms with Gasteiger partial charge in [-0.05, 0) is 12.5 Å². The normalized spacial score (nSPS) is 16.3. The van der Waals surface area contributed by atoms with E-state index < -0.39 is 22.8 Å². The van der Waals surface area contributed by atoms with Crippen molar-refractivity contribution in [2.24, 2.45) is 0 Å². The Balaban J connectivity index is 2.53. The fraction of sp³-hybridized carbons (Fsp3) is 0.250. The molecule has 0 bridgehead atoms. The van der Waals surface area contributed by atoms with Gasteiger partial charge in [0.05, 0.1) is 35.7 Å². The van der Waals surface area contributed by atoms with Gasteiger partial charge in [-0.1, -0.05) is 12.1 Å². The van der Waals surface area contributed by atoms with Gasteiger partial charge in [-0.3, -0.25) is 10.1 Å². The van der Waals surface area contributed by atoms with Gasteiger partial charge in [0.1, 0.15) is 0 Å². The van der Waals surface area contributed by atoms with E-state index in [1.54, 1.807) is 13.0 Å². The molecular formula is C16H16N2O6. The van der Waals surface area contributed by atoms with E-state index in [1.165, 1.54) is 37.7 Å². The van der Waals surface area contributed by atoms with E-state index in [0.29, 0.717) is 5.56 Å². The van der Waals surface area contributed by atoms with Crippen molar-refractivity contribution < 1.29 is 24.0 Å². The van der Waals surface area contributed by atoms with Gasteiger partial charge in [-0.15, -0.1) is 0 Å². The van der Waals surface area contributed by atoms with Crippen LogP contribution in [0.25, 0.3) is 0 Å². The summed E-state index contributed by atoms with van der Waals surface area (Å²) in [7, 11) is 1.22. The van der Waals surface area contributed by atoms with Crippen LogP contribution in [0.1, 0.15) is 18.4 Å². The van der Waals surface area contributed by atoms with Crippen molar-refractivity contribution >= 4 is 17.6 Å². The van der Waals surface area contributed by atoms with Crippen molar-refractivity contribution in [3.63, 3.8) is 0 Å². The standard InChI is InChI=1S/C16H16N2O6/c1-3-24-16(20)13-9-17-8-12(15(19)23-2)14(13)10-5-4-6-11(7-10)18(21)22/h4-9,14,17H,3H2,1-2H3. The average molecular weight is 332 g/mol. The number of nitrogens with one attached hydrogen (secondary N) is 1. The van der Waals surface area contributed by atoms with Gasteiger partial charge in [0, 0.05) is 24.5 Å². The van der Waals surface area contributed by atoms with Crippen LogP contribution in [0.15, 0.2) is 47.8 Å². The first-order chi connectivity index (χ1) is 11.5. The van der Waals surface area contributed by atoms with Crippen LogP contribution in [0, 0.1) is 10.1 Å². The van der Waals surface area contributed by atoms with Gasteiger partial charge < -0.3 is 14.8 Å². The number of methoxy groups -OCH3 is 1. The molecule has 1 aromatic carbocycles. The summed E-state index contributed by atoms with van der Waals surface area (Å²) in [5.74, 6) is -2.08. The Kier molecular flexibility index (Phi) is 5.31. The van der Waals surface area contributed by atoms with E-state index in [2.05, 4.69) is 5.32 Å². The second-order valence-corrected chi connectivity index (χ2v) is 4.86. The number of dihydropyridines is 1. The Labute approximate surface area is 137 Å². The molecule has 1 aromatic rings. The minimum absolute atomic E-state index is 0.140. The second kappa shape index (κ2) is 7.40. The van der Waals surface area contributed by atoms with Gasteiger partial charge >= 0.3 is 11.9 Å². The maximum atomic E-state index is 12.2. The molecule has 2 rings (SSSR count). The van der Waals surface area contributed by atoms with Gasteiger partial charge in [0.15, 0.2) is 0 Å². The van der Waals surface area contributed by atoms with E-state index in [9.17, 15) is 19.7 Å². The van der Waals surface area contributed by atoms with Crippen molar-refractivity contribution in [3.05, 3.63) is 63.5 Å². The van der Waals surface area contributed by atoms with Gasteiger partial charge in [-0.2, -0.15) is 0 Å². The van der Waals surface area contributed by atoms with E-state index in [0.717, 1.165) is 0 Å². The number of non-ortho nitro benzene ring substituents is 1. The average Bonchev–Trinajstić information content (AvgIpc) is 2.60. The predicted molar refractivity (Wildman–Crippen MR) is 83.8 cm³/mol. The van der Waals surface area contributed by atoms with Crippen molar-refractivity contribution in [2.75, 3.05) is 13.7 Å². The number of nitrogens with zero attached hydrogens (tertiary/aromatic N) is 1. The monoisotopic (exact) mass is 332 g/mol. The fourth-order valence-corrected chi connectivity index (χ4v) is 2.42. The Morgan fingerprint density at radius 2 is 1.92 bits per heavy atom. The molecule has 0 aromatic heterocycles. The summed E-state index contributed by atoms with van der Waals surface area (Å²) >= 11 is 0. The summed E-state index contributed by atoms with van der Waals surface area (Å²) in [5.41, 5.74) is 0.601. The highest BCUT2D eigenvalue weighted by atomic mass is 16.6. The predicted octanol–water partition coefficient (Wildman–Crippen LogP) is 1.79. The lowest BCUT2D eigenvalue weighted by Gasteiger charge is -2.24. The number of hydrogen-bond acceptors (Lipinski definition) is 7. The van der Waals surface area contributed by atoms with Crippen LogP contribution in [-0.2, 0) is 19.1 Å². The molecule has 1 atom stereocenters. The molecule has 126 valence electrons. The second-order valence-electron chi connectivity index (χ2n) is 4.86. The highest BCUT2D eigenvalue weighted by Crippen LogP contribution is 2.36. The first-order valence-corrected chi connectivity index (χ1v) is 7.15. The number of benzene rings is 1. The van der Waals surface area contributed by atoms with Crippen molar-refractivity contribution in [1.82, 2.24) is 5.32 Å². The fourth-order valence-electron chi connectivity index (χ4n) is 2.42. The van der Waals surface area contributed by atoms with Crippen LogP contribution in [0.4, 0.5) is 5.69 Å². The molecule has 0 saturated carbocycles. The molecule has 1 N–H and O–H groups in total. The Bertz CT molecular complexity index is 738. The van der Waals surface area contributed by atoms with Crippen LogP contribution in [0.2, 0.25) is 0 Å². The molecule has 1 unspecified atom stereocenters. The smallest absolute Gasteiger partial charge is 0.336 e. The van der Waals surface area contributed by atoms with Crippen LogP contribution in [-0.4, -0.2) is 30.6 Å². The van der Waals surface area contributed by atoms with Crippen LogP contribution in [0.5, 0.6) is 0 Å². The summed E-state index contributed by atoms with van der Waals surface area (Å²) in [5, 5.41) is 13.7. The minimum Gasteiger partial charge on any atom is -0.466 e. The first-order valence-electron chi connectivity index (χ1n) is 7.15. The van der Waals surface area contributed by atoms with Crippen molar-refractivity contribution in [2.45, 2.75) is 12.8 Å². The third-order valence-electron chi connectivity index (χ3n) is 3.45. The summed E-state index contributed by atoms with van der Waals surface area (Å²) in [6.07, 6.45) is 2.81. The zero-order valence-corrected chi connectivity index (χ0v) is 13.1. The zero-order chi connectivity index (χ0) is 17.7. The van der Waals surface area contributed by atoms with Crippen molar-refractivity contribution in [1.29, 1.82) is 0 Å². The highest BCUT2D eigenvalue weighted by molar-refractivity contribution is 5.98. The lowest BCUT2D eigenvalue weighted by molar-refractivity contribution is -0.384. The molecule has 1 aliphatic heterocycles. The van der Waals surface area contributed by atoms with Crippen LogP contribution < -0.4 is 5.32 Å². The third kappa shape index (κ3) is 3.43. The Hall–Kier alpha value is -3.16. The number of nitro benzene ring substituents is 1. The van der Waals surface area contributed by atoms with E-state index >= 15 is 0 Å². The maximum absolute atomic E-state index is 12.2. The largest absolute Gasteiger partial charge is 0.466 e. The van der Waals surface area contributed by atoms with E-state index in [4.69, 9.17) is 9.47 Å². The number of hydrogen-bond donors (Lipinski definition) is 1. The third-order valence-corrected chi connectivity index (χ3v) is 3.45. The number of rotatable bonds is 5. The molecule has 24 heavy (non-hydrogen) atoms. The Morgan fingerprint density at radius 3 is 2.50 bits per heavy atom. The van der Waals surface area contributed by atoms with E-state index in [1.807, 2.05) is 0 Å². The highest BCUT2D eigenvalue weighted by Gasteiger charge is 2.34. The minimum atomic E-state index is -0.822. The number of ether oxygens (including phenoxy) is 2. The maximum Gasteiger partial charge on any atom is 0.336 e. The van der Waals surface area contributed by atoms with Crippen LogP contribution >= 0.6 is 0 Å². The molecule has 8 nitrogen and oxygen atoms in total. The SMILES string of the molecule is CCOC(=O)C1=CNC=C(C(=O)OC)C1c1cccc([N+](=O)[O-])c1. The molecule has 0 saturated heterocycles. The lowest BCUT2D eigenvalue weighted by Crippen LogP contribution is -2.26. The molecule has 1 heterocycles. The summed E-state index contributed by atoms with van der Waals surface area (Å²) in [4.78, 5) is 34.7. The van der Waals surface area contributed by atoms with E-state index in [-0.39, 0.29) is 23.4 Å². The van der Waals surface area contributed by atoms with Crippen molar-refractivity contribution in [3.8, 4) is 0 Å². The molecule has 0 aliphatic carbocycles. The quantitative estimate of drug-likeness (QED) is 0.497. The van der Waals surface area contributed by atoms with Gasteiger partial charge in [0.2, 0.25) is 0 Å². The number of carbonyl (C=O) groups excluding carboxylic acids is 2. The Morgan fingerprint density at radius 1 is 1.25 bits per heavy atom. The molecule has 0 fully saturated rings. The topological polar surface area (TPSA) is 108 Å². The first kappa shape index (κ1) is 17.2. The lowest BCUT2D eigenvalue weighted by atomic mass is 9.83. The van der Waals surface area contributed by atoms with Gasteiger partial charge in [-0.25, -0.2) is 9.59 Å².